The molecule has 3 rings (SSSR count). The second kappa shape index (κ2) is 9.91. The Hall–Kier alpha value is -2.59. The van der Waals surface area contributed by atoms with Gasteiger partial charge in [0, 0.05) is 13.1 Å². The fourth-order valence-corrected chi connectivity index (χ4v) is 4.53. The van der Waals surface area contributed by atoms with Crippen LogP contribution in [0.1, 0.15) is 29.5 Å². The zero-order valence-corrected chi connectivity index (χ0v) is 18.5. The van der Waals surface area contributed by atoms with Crippen molar-refractivity contribution in [1.82, 2.24) is 10.2 Å². The fraction of sp³-hybridized carbons (Fsp3) is 0.409. The number of anilines is 1. The molecular weight excluding hydrogens is 443 g/mol. The van der Waals surface area contributed by atoms with E-state index in [9.17, 15) is 26.4 Å². The normalized spacial score (nSPS) is 15.0. The summed E-state index contributed by atoms with van der Waals surface area (Å²) < 4.78 is 64.2. The van der Waals surface area contributed by atoms with Gasteiger partial charge in [0.05, 0.1) is 17.5 Å². The predicted octanol–water partition coefficient (Wildman–Crippen LogP) is 3.38. The summed E-state index contributed by atoms with van der Waals surface area (Å²) in [6.45, 7) is 2.41. The zero-order chi connectivity index (χ0) is 23.4. The smallest absolute Gasteiger partial charge is 0.350 e. The van der Waals surface area contributed by atoms with Crippen LogP contribution in [0, 0.1) is 0 Å². The number of carbonyl (C=O) groups is 1. The topological polar surface area (TPSA) is 69.7 Å². The number of halogens is 3. The molecule has 1 amide bonds. The van der Waals surface area contributed by atoms with Crippen LogP contribution in [0.4, 0.5) is 18.9 Å². The molecule has 0 spiro atoms. The summed E-state index contributed by atoms with van der Waals surface area (Å²) in [4.78, 5) is 14.9. The number of nitrogens with zero attached hydrogens (tertiary/aromatic N) is 2. The molecule has 1 saturated heterocycles. The lowest BCUT2D eigenvalue weighted by atomic mass is 10.1. The van der Waals surface area contributed by atoms with E-state index in [2.05, 4.69) is 10.2 Å². The Morgan fingerprint density at radius 1 is 1.06 bits per heavy atom. The van der Waals surface area contributed by atoms with Crippen molar-refractivity contribution in [2.75, 3.05) is 30.2 Å². The van der Waals surface area contributed by atoms with E-state index in [1.807, 2.05) is 24.3 Å². The highest BCUT2D eigenvalue weighted by Gasteiger charge is 2.32. The van der Waals surface area contributed by atoms with Gasteiger partial charge in [-0.15, -0.1) is 0 Å². The summed E-state index contributed by atoms with van der Waals surface area (Å²) >= 11 is 0. The van der Waals surface area contributed by atoms with Gasteiger partial charge in [0.25, 0.3) is 0 Å². The Labute approximate surface area is 186 Å². The highest BCUT2D eigenvalue weighted by Crippen LogP contribution is 2.32. The number of hydrogen-bond donors (Lipinski definition) is 1. The van der Waals surface area contributed by atoms with Crippen molar-refractivity contribution < 1.29 is 26.4 Å². The molecule has 0 aromatic heterocycles. The quantitative estimate of drug-likeness (QED) is 0.644. The van der Waals surface area contributed by atoms with Gasteiger partial charge in [0.15, 0.2) is 0 Å². The summed E-state index contributed by atoms with van der Waals surface area (Å²) in [7, 11) is -3.98. The van der Waals surface area contributed by atoms with E-state index < -0.39 is 34.2 Å². The standard InChI is InChI=1S/C22H26F3N3O3S/c1-32(30,31)28(20-10-6-9-19(13-20)22(23,24)25)16-21(29)26-14-17-7-2-3-8-18(17)15-27-11-4-5-12-27/h2-3,6-10,13H,4-5,11-12,14-16H2,1H3,(H,26,29). The number of sulfonamides is 1. The van der Waals surface area contributed by atoms with Gasteiger partial charge in [-0.05, 0) is 55.3 Å². The van der Waals surface area contributed by atoms with E-state index in [1.54, 1.807) is 0 Å². The Morgan fingerprint density at radius 3 is 2.34 bits per heavy atom. The Bertz CT molecular complexity index is 1050. The fourth-order valence-electron chi connectivity index (χ4n) is 3.68. The van der Waals surface area contributed by atoms with Gasteiger partial charge in [0.1, 0.15) is 6.54 Å². The third-order valence-electron chi connectivity index (χ3n) is 5.34. The average molecular weight is 470 g/mol. The third-order valence-corrected chi connectivity index (χ3v) is 6.48. The first kappa shape index (κ1) is 24.1. The molecule has 0 unspecified atom stereocenters. The first-order chi connectivity index (χ1) is 15.0. The molecule has 10 heteroatoms. The molecule has 0 radical (unpaired) electrons. The van der Waals surface area contributed by atoms with Crippen LogP contribution in [0.2, 0.25) is 0 Å². The molecule has 1 N–H and O–H groups in total. The predicted molar refractivity (Wildman–Crippen MR) is 116 cm³/mol. The van der Waals surface area contributed by atoms with E-state index in [-0.39, 0.29) is 12.2 Å². The third kappa shape index (κ3) is 6.46. The lowest BCUT2D eigenvalue weighted by molar-refractivity contribution is -0.137. The highest BCUT2D eigenvalue weighted by atomic mass is 32.2. The van der Waals surface area contributed by atoms with Gasteiger partial charge >= 0.3 is 6.18 Å². The van der Waals surface area contributed by atoms with Gasteiger partial charge in [0.2, 0.25) is 15.9 Å². The second-order valence-corrected chi connectivity index (χ2v) is 9.75. The van der Waals surface area contributed by atoms with Crippen molar-refractivity contribution in [3.05, 3.63) is 65.2 Å². The minimum atomic E-state index is -4.62. The number of amides is 1. The van der Waals surface area contributed by atoms with Gasteiger partial charge in [-0.1, -0.05) is 30.3 Å². The van der Waals surface area contributed by atoms with E-state index in [4.69, 9.17) is 0 Å². The first-order valence-corrected chi connectivity index (χ1v) is 12.1. The lowest BCUT2D eigenvalue weighted by Gasteiger charge is -2.23. The van der Waals surface area contributed by atoms with Crippen LogP contribution >= 0.6 is 0 Å². The molecule has 2 aromatic rings. The molecule has 1 fully saturated rings. The van der Waals surface area contributed by atoms with Crippen LogP contribution < -0.4 is 9.62 Å². The lowest BCUT2D eigenvalue weighted by Crippen LogP contribution is -2.40. The van der Waals surface area contributed by atoms with Crippen molar-refractivity contribution in [2.24, 2.45) is 0 Å². The van der Waals surface area contributed by atoms with Crippen molar-refractivity contribution in [3.8, 4) is 0 Å². The Kier molecular flexibility index (Phi) is 7.45. The summed E-state index contributed by atoms with van der Waals surface area (Å²) in [6.07, 6.45) is -1.45. The van der Waals surface area contributed by atoms with Gasteiger partial charge in [-0.3, -0.25) is 14.0 Å². The average Bonchev–Trinajstić information content (AvgIpc) is 3.23. The van der Waals surface area contributed by atoms with E-state index in [0.29, 0.717) is 4.31 Å². The van der Waals surface area contributed by atoms with E-state index in [0.717, 1.165) is 68.1 Å². The van der Waals surface area contributed by atoms with Crippen LogP contribution in [0.15, 0.2) is 48.5 Å². The SMILES string of the molecule is CS(=O)(=O)N(CC(=O)NCc1ccccc1CN1CCCC1)c1cccc(C(F)(F)F)c1. The maximum Gasteiger partial charge on any atom is 0.416 e. The molecule has 2 aromatic carbocycles. The summed E-state index contributed by atoms with van der Waals surface area (Å²) in [5.41, 5.74) is 0.789. The number of alkyl halides is 3. The van der Waals surface area contributed by atoms with Crippen molar-refractivity contribution in [2.45, 2.75) is 32.1 Å². The van der Waals surface area contributed by atoms with Crippen LogP contribution in [0.3, 0.4) is 0 Å². The molecule has 6 nitrogen and oxygen atoms in total. The molecule has 0 bridgehead atoms. The first-order valence-electron chi connectivity index (χ1n) is 10.2. The van der Waals surface area contributed by atoms with E-state index >= 15 is 0 Å². The molecule has 32 heavy (non-hydrogen) atoms. The maximum absolute atomic E-state index is 13.0. The minimum absolute atomic E-state index is 0.197. The molecule has 0 aliphatic carbocycles. The molecule has 1 aliphatic rings. The van der Waals surface area contributed by atoms with Gasteiger partial charge < -0.3 is 5.32 Å². The highest BCUT2D eigenvalue weighted by molar-refractivity contribution is 7.92. The number of carbonyl (C=O) groups excluding carboxylic acids is 1. The second-order valence-electron chi connectivity index (χ2n) is 7.85. The Balaban J connectivity index is 1.70. The number of benzene rings is 2. The molecule has 1 aliphatic heterocycles. The monoisotopic (exact) mass is 469 g/mol. The van der Waals surface area contributed by atoms with Crippen LogP contribution in [-0.4, -0.2) is 45.1 Å². The van der Waals surface area contributed by atoms with Crippen molar-refractivity contribution in [3.63, 3.8) is 0 Å². The molecule has 0 atom stereocenters. The number of hydrogen-bond acceptors (Lipinski definition) is 4. The molecule has 0 saturated carbocycles. The van der Waals surface area contributed by atoms with Crippen LogP contribution in [-0.2, 0) is 34.1 Å². The van der Waals surface area contributed by atoms with Crippen molar-refractivity contribution >= 4 is 21.6 Å². The summed E-state index contributed by atoms with van der Waals surface area (Å²) in [5, 5.41) is 2.70. The number of likely N-dealkylation sites (tertiary alicyclic amines) is 1. The minimum Gasteiger partial charge on any atom is -0.350 e. The maximum atomic E-state index is 13.0. The molecular formula is C22H26F3N3O3S. The molecule has 174 valence electrons. The Morgan fingerprint density at radius 2 is 1.72 bits per heavy atom. The molecule has 1 heterocycles. The van der Waals surface area contributed by atoms with Crippen LogP contribution in [0.25, 0.3) is 0 Å². The summed E-state index contributed by atoms with van der Waals surface area (Å²) in [5.74, 6) is -0.608. The van der Waals surface area contributed by atoms with Gasteiger partial charge in [-0.2, -0.15) is 13.2 Å². The van der Waals surface area contributed by atoms with Crippen molar-refractivity contribution in [1.29, 1.82) is 0 Å². The summed E-state index contributed by atoms with van der Waals surface area (Å²) in [6, 6.07) is 11.6. The largest absolute Gasteiger partial charge is 0.416 e. The number of rotatable bonds is 8. The zero-order valence-electron chi connectivity index (χ0n) is 17.7. The van der Waals surface area contributed by atoms with Gasteiger partial charge in [-0.25, -0.2) is 8.42 Å². The van der Waals surface area contributed by atoms with Crippen LogP contribution in [0.5, 0.6) is 0 Å². The number of nitrogens with one attached hydrogen (secondary N) is 1. The van der Waals surface area contributed by atoms with E-state index in [1.165, 1.54) is 6.07 Å².